The van der Waals surface area contributed by atoms with Gasteiger partial charge in [0, 0.05) is 17.6 Å². The molecule has 5 nitrogen and oxygen atoms in total. The number of anilines is 1. The van der Waals surface area contributed by atoms with E-state index in [0.29, 0.717) is 21.7 Å². The summed E-state index contributed by atoms with van der Waals surface area (Å²) in [6, 6.07) is 16.4. The molecule has 0 atom stereocenters. The highest BCUT2D eigenvalue weighted by molar-refractivity contribution is 9.10. The Bertz CT molecular complexity index is 1070. The Hall–Kier alpha value is -2.25. The number of rotatable bonds is 5. The maximum absolute atomic E-state index is 13.2. The summed E-state index contributed by atoms with van der Waals surface area (Å²) in [6.45, 7) is 0. The highest BCUT2D eigenvalue weighted by atomic mass is 79.9. The third-order valence-electron chi connectivity index (χ3n) is 4.17. The van der Waals surface area contributed by atoms with E-state index in [1.54, 1.807) is 12.1 Å². The Kier molecular flexibility index (Phi) is 5.11. The lowest BCUT2D eigenvalue weighted by atomic mass is 10.1. The molecule has 3 rings (SSSR count). The van der Waals surface area contributed by atoms with Crippen molar-refractivity contribution in [3.05, 3.63) is 59.1 Å². The molecule has 0 saturated heterocycles. The molecule has 0 radical (unpaired) electrons. The molecule has 7 heteroatoms. The minimum Gasteiger partial charge on any atom is -0.493 e. The Balaban J connectivity index is 2.09. The first kappa shape index (κ1) is 18.5. The number of hydrogen-bond acceptors (Lipinski definition) is 4. The fourth-order valence-corrected chi connectivity index (χ4v) is 4.88. The molecule has 0 heterocycles. The number of benzene rings is 3. The molecule has 3 aromatic rings. The largest absolute Gasteiger partial charge is 0.493 e. The zero-order valence-electron chi connectivity index (χ0n) is 14.6. The van der Waals surface area contributed by atoms with Gasteiger partial charge in [-0.1, -0.05) is 30.3 Å². The van der Waals surface area contributed by atoms with E-state index in [9.17, 15) is 8.42 Å². The molecular formula is C19H18BrNO4S. The monoisotopic (exact) mass is 435 g/mol. The molecule has 3 aromatic carbocycles. The molecule has 0 N–H and O–H groups in total. The van der Waals surface area contributed by atoms with E-state index in [4.69, 9.17) is 9.47 Å². The van der Waals surface area contributed by atoms with Crippen molar-refractivity contribution in [3.63, 3.8) is 0 Å². The van der Waals surface area contributed by atoms with E-state index in [0.717, 1.165) is 10.8 Å². The van der Waals surface area contributed by atoms with Gasteiger partial charge in [0.2, 0.25) is 0 Å². The summed E-state index contributed by atoms with van der Waals surface area (Å²) in [6.07, 6.45) is 0. The molecule has 136 valence electrons. The third kappa shape index (κ3) is 3.24. The van der Waals surface area contributed by atoms with Crippen molar-refractivity contribution in [1.29, 1.82) is 0 Å². The van der Waals surface area contributed by atoms with Crippen LogP contribution in [0.2, 0.25) is 0 Å². The van der Waals surface area contributed by atoms with Crippen molar-refractivity contribution in [2.24, 2.45) is 0 Å². The van der Waals surface area contributed by atoms with Crippen LogP contribution in [-0.2, 0) is 10.0 Å². The van der Waals surface area contributed by atoms with Crippen molar-refractivity contribution in [2.45, 2.75) is 4.90 Å². The van der Waals surface area contributed by atoms with Gasteiger partial charge in [-0.3, -0.25) is 4.31 Å². The average Bonchev–Trinajstić information content (AvgIpc) is 2.66. The first-order valence-electron chi connectivity index (χ1n) is 7.77. The quantitative estimate of drug-likeness (QED) is 0.593. The summed E-state index contributed by atoms with van der Waals surface area (Å²) in [5, 5.41) is 2.02. The number of halogens is 1. The van der Waals surface area contributed by atoms with E-state index in [2.05, 4.69) is 15.9 Å². The summed E-state index contributed by atoms with van der Waals surface area (Å²) < 4.78 is 38.4. The lowest BCUT2D eigenvalue weighted by Gasteiger charge is -2.21. The van der Waals surface area contributed by atoms with Crippen LogP contribution in [-0.4, -0.2) is 29.7 Å². The van der Waals surface area contributed by atoms with Crippen LogP contribution < -0.4 is 13.8 Å². The molecule has 0 unspecified atom stereocenters. The minimum absolute atomic E-state index is 0.103. The number of hydrogen-bond donors (Lipinski definition) is 0. The highest BCUT2D eigenvalue weighted by Gasteiger charge is 2.26. The van der Waals surface area contributed by atoms with Gasteiger partial charge in [-0.2, -0.15) is 0 Å². The predicted molar refractivity (Wildman–Crippen MR) is 107 cm³/mol. The van der Waals surface area contributed by atoms with Crippen LogP contribution in [0.4, 0.5) is 5.69 Å². The second kappa shape index (κ2) is 7.17. The second-order valence-electron chi connectivity index (χ2n) is 5.64. The van der Waals surface area contributed by atoms with Crippen LogP contribution >= 0.6 is 15.9 Å². The Morgan fingerprint density at radius 2 is 1.50 bits per heavy atom. The van der Waals surface area contributed by atoms with Gasteiger partial charge in [0.15, 0.2) is 11.5 Å². The molecular weight excluding hydrogens is 418 g/mol. The van der Waals surface area contributed by atoms with E-state index < -0.39 is 10.0 Å². The zero-order chi connectivity index (χ0) is 18.9. The van der Waals surface area contributed by atoms with Crippen LogP contribution in [0.1, 0.15) is 0 Å². The average molecular weight is 436 g/mol. The molecule has 0 aliphatic carbocycles. The van der Waals surface area contributed by atoms with Gasteiger partial charge in [-0.15, -0.1) is 0 Å². The predicted octanol–water partition coefficient (Wildman–Crippen LogP) is 4.44. The van der Waals surface area contributed by atoms with E-state index in [1.807, 2.05) is 36.4 Å². The minimum atomic E-state index is -3.80. The van der Waals surface area contributed by atoms with Gasteiger partial charge in [-0.05, 0) is 44.9 Å². The number of methoxy groups -OCH3 is 2. The summed E-state index contributed by atoms with van der Waals surface area (Å²) in [5.41, 5.74) is 0.574. The molecule has 0 bridgehead atoms. The molecule has 0 aliphatic rings. The van der Waals surface area contributed by atoms with Crippen LogP contribution in [0.25, 0.3) is 10.8 Å². The summed E-state index contributed by atoms with van der Waals surface area (Å²) in [7, 11) is 0.699. The maximum Gasteiger partial charge on any atom is 0.265 e. The SMILES string of the molecule is COc1cc(Br)c(S(=O)(=O)N(C)c2ccc3ccccc3c2)cc1OC. The van der Waals surface area contributed by atoms with Crippen molar-refractivity contribution in [1.82, 2.24) is 0 Å². The number of nitrogens with zero attached hydrogens (tertiary/aromatic N) is 1. The standard InChI is InChI=1S/C19H18BrNO4S/c1-21(15-9-8-13-6-4-5-7-14(13)10-15)26(22,23)19-12-18(25-3)17(24-2)11-16(19)20/h4-12H,1-3H3. The van der Waals surface area contributed by atoms with E-state index in [1.165, 1.54) is 31.6 Å². The summed E-state index contributed by atoms with van der Waals surface area (Å²) >= 11 is 3.33. The molecule has 0 aliphatic heterocycles. The van der Waals surface area contributed by atoms with Gasteiger partial charge in [0.25, 0.3) is 10.0 Å². The lowest BCUT2D eigenvalue weighted by Crippen LogP contribution is -2.27. The Morgan fingerprint density at radius 3 is 2.15 bits per heavy atom. The van der Waals surface area contributed by atoms with Gasteiger partial charge in [-0.25, -0.2) is 8.42 Å². The topological polar surface area (TPSA) is 55.8 Å². The Labute approximate surface area is 161 Å². The van der Waals surface area contributed by atoms with Crippen LogP contribution in [0.3, 0.4) is 0 Å². The van der Waals surface area contributed by atoms with Crippen molar-refractivity contribution >= 4 is 42.4 Å². The van der Waals surface area contributed by atoms with Crippen molar-refractivity contribution < 1.29 is 17.9 Å². The summed E-state index contributed by atoms with van der Waals surface area (Å²) in [5.74, 6) is 0.799. The lowest BCUT2D eigenvalue weighted by molar-refractivity contribution is 0.353. The van der Waals surface area contributed by atoms with Gasteiger partial charge in [0.05, 0.1) is 19.9 Å². The Morgan fingerprint density at radius 1 is 0.885 bits per heavy atom. The van der Waals surface area contributed by atoms with Crippen LogP contribution in [0.5, 0.6) is 11.5 Å². The molecule has 0 fully saturated rings. The normalized spacial score (nSPS) is 11.4. The van der Waals surface area contributed by atoms with Crippen molar-refractivity contribution in [2.75, 3.05) is 25.6 Å². The first-order valence-corrected chi connectivity index (χ1v) is 10.0. The molecule has 0 aromatic heterocycles. The van der Waals surface area contributed by atoms with Gasteiger partial charge in [0.1, 0.15) is 4.90 Å². The maximum atomic E-state index is 13.2. The fraction of sp³-hybridized carbons (Fsp3) is 0.158. The van der Waals surface area contributed by atoms with E-state index in [-0.39, 0.29) is 4.90 Å². The molecule has 26 heavy (non-hydrogen) atoms. The van der Waals surface area contributed by atoms with Gasteiger partial charge < -0.3 is 9.47 Å². The number of sulfonamides is 1. The molecule has 0 spiro atoms. The summed E-state index contributed by atoms with van der Waals surface area (Å²) in [4.78, 5) is 0.103. The molecule has 0 saturated carbocycles. The van der Waals surface area contributed by atoms with Crippen LogP contribution in [0, 0.1) is 0 Å². The fourth-order valence-electron chi connectivity index (χ4n) is 2.69. The second-order valence-corrected chi connectivity index (χ2v) is 8.43. The van der Waals surface area contributed by atoms with Crippen molar-refractivity contribution in [3.8, 4) is 11.5 Å². The first-order chi connectivity index (χ1) is 12.4. The molecule has 0 amide bonds. The van der Waals surface area contributed by atoms with Gasteiger partial charge >= 0.3 is 0 Å². The van der Waals surface area contributed by atoms with E-state index >= 15 is 0 Å². The van der Waals surface area contributed by atoms with Crippen LogP contribution in [0.15, 0.2) is 64.0 Å². The highest BCUT2D eigenvalue weighted by Crippen LogP contribution is 2.37. The number of ether oxygens (including phenoxy) is 2. The number of fused-ring (bicyclic) bond motifs is 1. The zero-order valence-corrected chi connectivity index (χ0v) is 17.0. The smallest absolute Gasteiger partial charge is 0.265 e. The third-order valence-corrected chi connectivity index (χ3v) is 6.92.